The van der Waals surface area contributed by atoms with Crippen LogP contribution >= 0.6 is 11.9 Å². The Morgan fingerprint density at radius 2 is 2.30 bits per heavy atom. The fourth-order valence-corrected chi connectivity index (χ4v) is 0.437. The van der Waals surface area contributed by atoms with Gasteiger partial charge in [0.15, 0.2) is 0 Å². The van der Waals surface area contributed by atoms with E-state index < -0.39 is 5.97 Å². The molecule has 0 aliphatic rings. The molecule has 4 heteroatoms. The molecule has 0 aromatic heterocycles. The van der Waals surface area contributed by atoms with Gasteiger partial charge in [0.1, 0.15) is 11.9 Å². The summed E-state index contributed by atoms with van der Waals surface area (Å²) in [4.78, 5) is 12.2. The van der Waals surface area contributed by atoms with Crippen molar-refractivity contribution in [3.05, 3.63) is 12.2 Å². The molecule has 0 aliphatic heterocycles. The highest BCUT2D eigenvalue weighted by Gasteiger charge is 1.91. The molecule has 0 aromatic carbocycles. The van der Waals surface area contributed by atoms with Crippen LogP contribution in [0.4, 0.5) is 0 Å². The molecular formula is C6H10ClNO2. The Morgan fingerprint density at radius 1 is 1.70 bits per heavy atom. The van der Waals surface area contributed by atoms with Crippen molar-refractivity contribution in [2.45, 2.75) is 0 Å². The van der Waals surface area contributed by atoms with Gasteiger partial charge in [0.25, 0.3) is 0 Å². The summed E-state index contributed by atoms with van der Waals surface area (Å²) in [6.07, 6.45) is 2.96. The van der Waals surface area contributed by atoms with E-state index in [0.29, 0.717) is 6.54 Å². The van der Waals surface area contributed by atoms with E-state index >= 15 is 0 Å². The number of hydrogen-bond acceptors (Lipinski definition) is 3. The average Bonchev–Trinajstić information content (AvgIpc) is 1.87. The maximum atomic E-state index is 10.3. The molecule has 0 spiro atoms. The Kier molecular flexibility index (Phi) is 4.98. The molecule has 58 valence electrons. The highest BCUT2D eigenvalue weighted by molar-refractivity contribution is 6.14. The van der Waals surface area contributed by atoms with Gasteiger partial charge in [-0.05, 0) is 14.1 Å². The van der Waals surface area contributed by atoms with Crippen LogP contribution in [-0.4, -0.2) is 31.5 Å². The lowest BCUT2D eigenvalue weighted by atomic mass is 10.5. The van der Waals surface area contributed by atoms with Gasteiger partial charge in [-0.15, -0.1) is 0 Å². The van der Waals surface area contributed by atoms with Gasteiger partial charge in [-0.1, -0.05) is 6.08 Å². The monoisotopic (exact) mass is 163 g/mol. The summed E-state index contributed by atoms with van der Waals surface area (Å²) in [6, 6.07) is 0. The van der Waals surface area contributed by atoms with Crippen molar-refractivity contribution in [3.8, 4) is 0 Å². The van der Waals surface area contributed by atoms with Crippen molar-refractivity contribution >= 4 is 17.8 Å². The predicted octanol–water partition coefficient (Wildman–Crippen LogP) is 0.801. The fraction of sp³-hybridized carbons (Fsp3) is 0.500. The van der Waals surface area contributed by atoms with Crippen LogP contribution in [0.5, 0.6) is 0 Å². The van der Waals surface area contributed by atoms with Gasteiger partial charge < -0.3 is 9.19 Å². The Hall–Kier alpha value is -0.540. The largest absolute Gasteiger partial charge is 0.348 e. The molecule has 0 bridgehead atoms. The molecule has 0 atom stereocenters. The molecule has 0 aliphatic carbocycles. The lowest BCUT2D eigenvalue weighted by Gasteiger charge is -2.02. The van der Waals surface area contributed by atoms with Crippen LogP contribution in [0.25, 0.3) is 0 Å². The molecule has 0 amide bonds. The third kappa shape index (κ3) is 5.59. The minimum atomic E-state index is -0.538. The quantitative estimate of drug-likeness (QED) is 0.577. The average molecular weight is 164 g/mol. The number of nitrogens with zero attached hydrogens (tertiary/aromatic N) is 1. The number of halogens is 1. The summed E-state index contributed by atoms with van der Waals surface area (Å²) in [7, 11) is 3.80. The van der Waals surface area contributed by atoms with Crippen molar-refractivity contribution in [2.24, 2.45) is 0 Å². The van der Waals surface area contributed by atoms with Crippen molar-refractivity contribution in [2.75, 3.05) is 20.6 Å². The first-order valence-electron chi connectivity index (χ1n) is 2.80. The molecule has 0 saturated carbocycles. The lowest BCUT2D eigenvalue weighted by Crippen LogP contribution is -2.10. The van der Waals surface area contributed by atoms with Crippen LogP contribution < -0.4 is 0 Å². The number of likely N-dealkylation sites (N-methyl/N-ethyl adjacent to an activating group) is 1. The van der Waals surface area contributed by atoms with Crippen molar-refractivity contribution < 1.29 is 9.08 Å². The summed E-state index contributed by atoms with van der Waals surface area (Å²) in [6.45, 7) is 0.700. The zero-order valence-electron chi connectivity index (χ0n) is 6.00. The molecule has 10 heavy (non-hydrogen) atoms. The highest BCUT2D eigenvalue weighted by Crippen LogP contribution is 1.85. The molecule has 0 rings (SSSR count). The third-order valence-corrected chi connectivity index (χ3v) is 0.953. The number of carbonyl (C=O) groups excluding carboxylic acids is 1. The number of hydrogen-bond donors (Lipinski definition) is 0. The van der Waals surface area contributed by atoms with E-state index in [-0.39, 0.29) is 0 Å². The minimum absolute atomic E-state index is 0.538. The first kappa shape index (κ1) is 9.46. The van der Waals surface area contributed by atoms with E-state index in [4.69, 9.17) is 11.9 Å². The van der Waals surface area contributed by atoms with Crippen LogP contribution in [0, 0.1) is 0 Å². The van der Waals surface area contributed by atoms with Crippen LogP contribution in [-0.2, 0) is 9.08 Å². The molecule has 0 fully saturated rings. The van der Waals surface area contributed by atoms with E-state index in [2.05, 4.69) is 4.29 Å². The van der Waals surface area contributed by atoms with Gasteiger partial charge in [-0.25, -0.2) is 4.79 Å². The topological polar surface area (TPSA) is 29.5 Å². The van der Waals surface area contributed by atoms with Gasteiger partial charge in [0.05, 0.1) is 0 Å². The van der Waals surface area contributed by atoms with Crippen LogP contribution in [0.2, 0.25) is 0 Å². The van der Waals surface area contributed by atoms with Gasteiger partial charge in [0.2, 0.25) is 0 Å². The summed E-state index contributed by atoms with van der Waals surface area (Å²) in [5, 5.41) is 0. The second kappa shape index (κ2) is 5.26. The Bertz CT molecular complexity index is 134. The standard InChI is InChI=1S/C6H10ClNO2/c1-8(2)5-3-4-6(9)10-7/h3-4H,5H2,1-2H3/b4-3+. The zero-order chi connectivity index (χ0) is 7.98. The minimum Gasteiger partial charge on any atom is -0.344 e. The van der Waals surface area contributed by atoms with Gasteiger partial charge in [-0.3, -0.25) is 0 Å². The van der Waals surface area contributed by atoms with E-state index in [1.54, 1.807) is 6.08 Å². The van der Waals surface area contributed by atoms with Gasteiger partial charge in [-0.2, -0.15) is 0 Å². The van der Waals surface area contributed by atoms with Crippen LogP contribution in [0.3, 0.4) is 0 Å². The van der Waals surface area contributed by atoms with Crippen molar-refractivity contribution in [3.63, 3.8) is 0 Å². The normalized spacial score (nSPS) is 10.8. The second-order valence-corrected chi connectivity index (χ2v) is 2.22. The molecule has 0 radical (unpaired) electrons. The molecule has 0 heterocycles. The molecule has 0 unspecified atom stereocenters. The number of carbonyl (C=O) groups is 1. The van der Waals surface area contributed by atoms with Gasteiger partial charge in [0, 0.05) is 12.6 Å². The smallest absolute Gasteiger partial charge is 0.344 e. The Morgan fingerprint density at radius 3 is 2.70 bits per heavy atom. The summed E-state index contributed by atoms with van der Waals surface area (Å²) < 4.78 is 3.86. The predicted molar refractivity (Wildman–Crippen MR) is 39.6 cm³/mol. The Labute approximate surface area is 65.4 Å². The molecule has 0 aromatic rings. The molecular weight excluding hydrogens is 154 g/mol. The van der Waals surface area contributed by atoms with Crippen molar-refractivity contribution in [1.82, 2.24) is 4.90 Å². The van der Waals surface area contributed by atoms with Crippen molar-refractivity contribution in [1.29, 1.82) is 0 Å². The van der Waals surface area contributed by atoms with Crippen LogP contribution in [0.15, 0.2) is 12.2 Å². The first-order valence-corrected chi connectivity index (χ1v) is 3.11. The lowest BCUT2D eigenvalue weighted by molar-refractivity contribution is -0.128. The number of rotatable bonds is 3. The van der Waals surface area contributed by atoms with E-state index in [0.717, 1.165) is 0 Å². The second-order valence-electron chi connectivity index (χ2n) is 2.06. The maximum Gasteiger partial charge on any atom is 0.348 e. The zero-order valence-corrected chi connectivity index (χ0v) is 6.76. The highest BCUT2D eigenvalue weighted by atomic mass is 35.5. The Balaban J connectivity index is 3.46. The van der Waals surface area contributed by atoms with E-state index in [1.807, 2.05) is 19.0 Å². The molecule has 0 N–H and O–H groups in total. The fourth-order valence-electron chi connectivity index (χ4n) is 0.385. The third-order valence-electron chi connectivity index (χ3n) is 0.801. The van der Waals surface area contributed by atoms with Crippen LogP contribution in [0.1, 0.15) is 0 Å². The summed E-state index contributed by atoms with van der Waals surface area (Å²) in [5.74, 6) is -0.538. The summed E-state index contributed by atoms with van der Waals surface area (Å²) in [5.41, 5.74) is 0. The maximum absolute atomic E-state index is 10.3. The SMILES string of the molecule is CN(C)C/C=C/C(=O)OCl. The molecule has 3 nitrogen and oxygen atoms in total. The van der Waals surface area contributed by atoms with Gasteiger partial charge >= 0.3 is 5.97 Å². The van der Waals surface area contributed by atoms with E-state index in [1.165, 1.54) is 6.08 Å². The summed E-state index contributed by atoms with van der Waals surface area (Å²) >= 11 is 4.75. The first-order chi connectivity index (χ1) is 4.66. The molecule has 0 saturated heterocycles. The van der Waals surface area contributed by atoms with E-state index in [9.17, 15) is 4.79 Å².